The standard InChI is InChI=1S/C20H26N2O2/c1-4-22(5-2)14-20(23)21-19-12-11-18(13-16(19)3)24-15-17-9-7-6-8-10-17/h6-13H,4-5,14-15H2,1-3H3,(H,21,23). The van der Waals surface area contributed by atoms with Gasteiger partial charge in [-0.3, -0.25) is 9.69 Å². The van der Waals surface area contributed by atoms with Crippen molar-refractivity contribution in [3.8, 4) is 5.75 Å². The molecule has 0 spiro atoms. The number of ether oxygens (including phenoxy) is 1. The van der Waals surface area contributed by atoms with Crippen molar-refractivity contribution in [3.63, 3.8) is 0 Å². The number of nitrogens with one attached hydrogen (secondary N) is 1. The van der Waals surface area contributed by atoms with Gasteiger partial charge in [-0.1, -0.05) is 44.2 Å². The zero-order chi connectivity index (χ0) is 17.4. The molecule has 128 valence electrons. The Hall–Kier alpha value is -2.33. The Balaban J connectivity index is 1.93. The summed E-state index contributed by atoms with van der Waals surface area (Å²) in [6.45, 7) is 8.78. The minimum absolute atomic E-state index is 0.0137. The lowest BCUT2D eigenvalue weighted by molar-refractivity contribution is -0.117. The Bertz CT molecular complexity index is 652. The first-order valence-electron chi connectivity index (χ1n) is 8.42. The summed E-state index contributed by atoms with van der Waals surface area (Å²) in [7, 11) is 0. The van der Waals surface area contributed by atoms with E-state index in [1.165, 1.54) is 0 Å². The third kappa shape index (κ3) is 5.39. The van der Waals surface area contributed by atoms with Crippen LogP contribution in [0.4, 0.5) is 5.69 Å². The molecule has 2 rings (SSSR count). The highest BCUT2D eigenvalue weighted by Crippen LogP contribution is 2.22. The Labute approximate surface area is 144 Å². The number of anilines is 1. The molecule has 0 aliphatic rings. The van der Waals surface area contributed by atoms with Crippen LogP contribution in [-0.2, 0) is 11.4 Å². The topological polar surface area (TPSA) is 41.6 Å². The van der Waals surface area contributed by atoms with Gasteiger partial charge in [0.2, 0.25) is 5.91 Å². The molecular formula is C20H26N2O2. The maximum absolute atomic E-state index is 12.1. The fourth-order valence-corrected chi connectivity index (χ4v) is 2.45. The normalized spacial score (nSPS) is 10.7. The lowest BCUT2D eigenvalue weighted by atomic mass is 10.2. The highest BCUT2D eigenvalue weighted by atomic mass is 16.5. The van der Waals surface area contributed by atoms with Gasteiger partial charge in [-0.25, -0.2) is 0 Å². The van der Waals surface area contributed by atoms with Gasteiger partial charge in [0.1, 0.15) is 12.4 Å². The summed E-state index contributed by atoms with van der Waals surface area (Å²) >= 11 is 0. The molecule has 0 saturated carbocycles. The maximum Gasteiger partial charge on any atom is 0.238 e. The van der Waals surface area contributed by atoms with Crippen LogP contribution in [0.25, 0.3) is 0 Å². The molecule has 4 heteroatoms. The van der Waals surface area contributed by atoms with E-state index in [1.54, 1.807) is 0 Å². The zero-order valence-corrected chi connectivity index (χ0v) is 14.7. The summed E-state index contributed by atoms with van der Waals surface area (Å²) in [6, 6.07) is 15.8. The molecule has 0 bridgehead atoms. The van der Waals surface area contributed by atoms with Crippen LogP contribution in [0.5, 0.6) is 5.75 Å². The highest BCUT2D eigenvalue weighted by Gasteiger charge is 2.09. The van der Waals surface area contributed by atoms with Gasteiger partial charge in [-0.15, -0.1) is 0 Å². The van der Waals surface area contributed by atoms with Crippen molar-refractivity contribution in [2.75, 3.05) is 25.0 Å². The number of aryl methyl sites for hydroxylation is 1. The number of rotatable bonds is 8. The van der Waals surface area contributed by atoms with Crippen LogP contribution in [0.3, 0.4) is 0 Å². The van der Waals surface area contributed by atoms with E-state index in [2.05, 4.69) is 24.1 Å². The van der Waals surface area contributed by atoms with Crippen LogP contribution < -0.4 is 10.1 Å². The lowest BCUT2D eigenvalue weighted by Crippen LogP contribution is -2.33. The summed E-state index contributed by atoms with van der Waals surface area (Å²) in [6.07, 6.45) is 0. The molecule has 0 aromatic heterocycles. The molecular weight excluding hydrogens is 300 g/mol. The molecule has 2 aromatic rings. The zero-order valence-electron chi connectivity index (χ0n) is 14.7. The molecule has 0 heterocycles. The maximum atomic E-state index is 12.1. The van der Waals surface area contributed by atoms with Crippen molar-refractivity contribution < 1.29 is 9.53 Å². The number of benzene rings is 2. The van der Waals surface area contributed by atoms with Crippen molar-refractivity contribution in [2.24, 2.45) is 0 Å². The summed E-state index contributed by atoms with van der Waals surface area (Å²) in [5.41, 5.74) is 2.96. The van der Waals surface area contributed by atoms with Crippen molar-refractivity contribution >= 4 is 11.6 Å². The van der Waals surface area contributed by atoms with Gasteiger partial charge in [0.25, 0.3) is 0 Å². The van der Waals surface area contributed by atoms with E-state index in [0.717, 1.165) is 35.7 Å². The molecule has 0 saturated heterocycles. The average molecular weight is 326 g/mol. The van der Waals surface area contributed by atoms with Gasteiger partial charge in [0.05, 0.1) is 6.54 Å². The minimum atomic E-state index is 0.0137. The number of likely N-dealkylation sites (N-methyl/N-ethyl adjacent to an activating group) is 1. The molecule has 0 fully saturated rings. The van der Waals surface area contributed by atoms with Gasteiger partial charge >= 0.3 is 0 Å². The largest absolute Gasteiger partial charge is 0.489 e. The smallest absolute Gasteiger partial charge is 0.238 e. The lowest BCUT2D eigenvalue weighted by Gasteiger charge is -2.18. The summed E-state index contributed by atoms with van der Waals surface area (Å²) < 4.78 is 5.81. The quantitative estimate of drug-likeness (QED) is 0.801. The SMILES string of the molecule is CCN(CC)CC(=O)Nc1ccc(OCc2ccccc2)cc1C. The molecule has 0 unspecified atom stereocenters. The second-order valence-electron chi connectivity index (χ2n) is 5.76. The molecule has 1 amide bonds. The van der Waals surface area contributed by atoms with Crippen molar-refractivity contribution in [1.29, 1.82) is 0 Å². The molecule has 0 radical (unpaired) electrons. The Kier molecular flexibility index (Phi) is 6.82. The summed E-state index contributed by atoms with van der Waals surface area (Å²) in [5.74, 6) is 0.817. The van der Waals surface area contributed by atoms with Gasteiger partial charge in [-0.2, -0.15) is 0 Å². The van der Waals surface area contributed by atoms with Crippen molar-refractivity contribution in [3.05, 3.63) is 59.7 Å². The van der Waals surface area contributed by atoms with Gasteiger partial charge in [-0.05, 0) is 49.3 Å². The van der Waals surface area contributed by atoms with E-state index in [9.17, 15) is 4.79 Å². The number of nitrogens with zero attached hydrogens (tertiary/aromatic N) is 1. The number of hydrogen-bond acceptors (Lipinski definition) is 3. The van der Waals surface area contributed by atoms with Crippen molar-refractivity contribution in [1.82, 2.24) is 4.90 Å². The van der Waals surface area contributed by atoms with E-state index in [0.29, 0.717) is 13.2 Å². The van der Waals surface area contributed by atoms with E-state index in [1.807, 2.05) is 55.5 Å². The molecule has 0 aliphatic carbocycles. The summed E-state index contributed by atoms with van der Waals surface area (Å²) in [5, 5.41) is 2.97. The molecule has 4 nitrogen and oxygen atoms in total. The second-order valence-corrected chi connectivity index (χ2v) is 5.76. The van der Waals surface area contributed by atoms with E-state index in [-0.39, 0.29) is 5.91 Å². The fourth-order valence-electron chi connectivity index (χ4n) is 2.45. The van der Waals surface area contributed by atoms with E-state index in [4.69, 9.17) is 4.74 Å². The van der Waals surface area contributed by atoms with Gasteiger partial charge in [0.15, 0.2) is 0 Å². The van der Waals surface area contributed by atoms with Crippen LogP contribution >= 0.6 is 0 Å². The first-order chi connectivity index (χ1) is 11.6. The van der Waals surface area contributed by atoms with Crippen LogP contribution in [0.15, 0.2) is 48.5 Å². The third-order valence-electron chi connectivity index (χ3n) is 3.98. The van der Waals surface area contributed by atoms with Crippen LogP contribution in [0.2, 0.25) is 0 Å². The Morgan fingerprint density at radius 1 is 1.08 bits per heavy atom. The number of amides is 1. The number of carbonyl (C=O) groups excluding carboxylic acids is 1. The molecule has 1 N–H and O–H groups in total. The highest BCUT2D eigenvalue weighted by molar-refractivity contribution is 5.93. The monoisotopic (exact) mass is 326 g/mol. The minimum Gasteiger partial charge on any atom is -0.489 e. The summed E-state index contributed by atoms with van der Waals surface area (Å²) in [4.78, 5) is 14.2. The predicted molar refractivity (Wildman–Crippen MR) is 98.4 cm³/mol. The predicted octanol–water partition coefficient (Wildman–Crippen LogP) is 3.85. The average Bonchev–Trinajstić information content (AvgIpc) is 2.61. The van der Waals surface area contributed by atoms with Crippen LogP contribution in [-0.4, -0.2) is 30.4 Å². The number of carbonyl (C=O) groups is 1. The molecule has 24 heavy (non-hydrogen) atoms. The first kappa shape index (κ1) is 18.0. The van der Waals surface area contributed by atoms with Gasteiger partial charge in [0, 0.05) is 5.69 Å². The second kappa shape index (κ2) is 9.08. The Morgan fingerprint density at radius 3 is 2.42 bits per heavy atom. The molecule has 0 aliphatic heterocycles. The first-order valence-corrected chi connectivity index (χ1v) is 8.42. The van der Waals surface area contributed by atoms with Gasteiger partial charge < -0.3 is 10.1 Å². The fraction of sp³-hybridized carbons (Fsp3) is 0.350. The van der Waals surface area contributed by atoms with E-state index >= 15 is 0 Å². The van der Waals surface area contributed by atoms with Crippen molar-refractivity contribution in [2.45, 2.75) is 27.4 Å². The number of hydrogen-bond donors (Lipinski definition) is 1. The van der Waals surface area contributed by atoms with E-state index < -0.39 is 0 Å². The Morgan fingerprint density at radius 2 is 1.79 bits per heavy atom. The van der Waals surface area contributed by atoms with Crippen LogP contribution in [0.1, 0.15) is 25.0 Å². The molecule has 2 aromatic carbocycles. The van der Waals surface area contributed by atoms with Crippen LogP contribution in [0, 0.1) is 6.92 Å². The molecule has 0 atom stereocenters. The third-order valence-corrected chi connectivity index (χ3v) is 3.98.